The van der Waals surface area contributed by atoms with E-state index >= 15 is 0 Å². The van der Waals surface area contributed by atoms with E-state index in [1.807, 2.05) is 0 Å². The number of aliphatic hydroxyl groups is 1. The summed E-state index contributed by atoms with van der Waals surface area (Å²) in [7, 11) is 0. The van der Waals surface area contributed by atoms with Crippen LogP contribution in [0.1, 0.15) is 62.2 Å². The van der Waals surface area contributed by atoms with Crippen LogP contribution in [0.15, 0.2) is 28.7 Å². The third-order valence-corrected chi connectivity index (χ3v) is 7.01. The zero-order chi connectivity index (χ0) is 18.5. The van der Waals surface area contributed by atoms with Crippen LogP contribution in [0.25, 0.3) is 0 Å². The molecule has 0 saturated heterocycles. The molecule has 1 aromatic rings. The molecule has 0 heterocycles. The van der Waals surface area contributed by atoms with Crippen molar-refractivity contribution in [3.8, 4) is 0 Å². The summed E-state index contributed by atoms with van der Waals surface area (Å²) in [5, 5.41) is 10.8. The lowest BCUT2D eigenvalue weighted by Crippen LogP contribution is -2.56. The van der Waals surface area contributed by atoms with E-state index in [4.69, 9.17) is 4.74 Å². The Hall–Kier alpha value is -1.20. The lowest BCUT2D eigenvalue weighted by Gasteiger charge is -2.60. The van der Waals surface area contributed by atoms with Crippen molar-refractivity contribution >= 4 is 27.7 Å². The quantitative estimate of drug-likeness (QED) is 0.569. The summed E-state index contributed by atoms with van der Waals surface area (Å²) in [4.78, 5) is 25.0. The van der Waals surface area contributed by atoms with Gasteiger partial charge in [0, 0.05) is 10.0 Å². The molecule has 4 aliphatic rings. The maximum atomic E-state index is 12.6. The number of Topliss-reactive ketones (excluding diaryl/α,β-unsaturated/α-hetero) is 1. The summed E-state index contributed by atoms with van der Waals surface area (Å²) >= 11 is 3.35. The minimum absolute atomic E-state index is 0.129. The van der Waals surface area contributed by atoms with Crippen LogP contribution in [0.2, 0.25) is 0 Å². The van der Waals surface area contributed by atoms with Crippen molar-refractivity contribution in [3.05, 3.63) is 34.3 Å². The van der Waals surface area contributed by atoms with Crippen molar-refractivity contribution in [2.45, 2.75) is 63.6 Å². The van der Waals surface area contributed by atoms with Gasteiger partial charge in [-0.2, -0.15) is 0 Å². The third-order valence-electron chi connectivity index (χ3n) is 6.48. The molecule has 4 bridgehead atoms. The molecular weight excluding hydrogens is 396 g/mol. The van der Waals surface area contributed by atoms with Gasteiger partial charge in [-0.1, -0.05) is 28.1 Å². The van der Waals surface area contributed by atoms with E-state index in [1.54, 1.807) is 31.2 Å². The molecule has 0 aliphatic heterocycles. The number of halogens is 1. The SMILES string of the molecule is C[C@H](OC(=O)CC12C[C@@H]3C[C@@H](CC(O)(C3)C1)C2)C(=O)c1ccc(Br)cc1. The molecule has 1 N–H and O–H groups in total. The van der Waals surface area contributed by atoms with Crippen molar-refractivity contribution in [2.24, 2.45) is 17.3 Å². The largest absolute Gasteiger partial charge is 0.454 e. The van der Waals surface area contributed by atoms with Gasteiger partial charge in [-0.05, 0) is 74.8 Å². The first-order chi connectivity index (χ1) is 12.3. The molecule has 2 unspecified atom stereocenters. The summed E-state index contributed by atoms with van der Waals surface area (Å²) in [5.41, 5.74) is -0.169. The van der Waals surface area contributed by atoms with Gasteiger partial charge in [0.25, 0.3) is 0 Å². The second-order valence-electron chi connectivity index (χ2n) is 8.87. The van der Waals surface area contributed by atoms with E-state index in [1.165, 1.54) is 6.42 Å². The van der Waals surface area contributed by atoms with Crippen LogP contribution in [0.4, 0.5) is 0 Å². The highest BCUT2D eigenvalue weighted by Gasteiger charge is 2.57. The fourth-order valence-corrected chi connectivity index (χ4v) is 6.32. The highest BCUT2D eigenvalue weighted by Crippen LogP contribution is 2.62. The molecule has 0 aromatic heterocycles. The molecule has 4 aliphatic carbocycles. The number of carbonyl (C=O) groups is 2. The number of ether oxygens (including phenoxy) is 1. The first-order valence-corrected chi connectivity index (χ1v) is 10.3. The molecule has 0 spiro atoms. The van der Waals surface area contributed by atoms with Crippen molar-refractivity contribution in [2.75, 3.05) is 0 Å². The smallest absolute Gasteiger partial charge is 0.307 e. The van der Waals surface area contributed by atoms with Crippen LogP contribution in [-0.2, 0) is 9.53 Å². The fraction of sp³-hybridized carbons (Fsp3) is 0.619. The molecule has 4 saturated carbocycles. The van der Waals surface area contributed by atoms with Crippen LogP contribution in [-0.4, -0.2) is 28.6 Å². The van der Waals surface area contributed by atoms with Crippen LogP contribution in [0, 0.1) is 17.3 Å². The average molecular weight is 421 g/mol. The second kappa shape index (κ2) is 6.45. The van der Waals surface area contributed by atoms with Gasteiger partial charge in [0.15, 0.2) is 6.10 Å². The van der Waals surface area contributed by atoms with Gasteiger partial charge in [-0.25, -0.2) is 0 Å². The summed E-state index contributed by atoms with van der Waals surface area (Å²) in [6, 6.07) is 7.06. The van der Waals surface area contributed by atoms with Crippen molar-refractivity contribution in [1.29, 1.82) is 0 Å². The summed E-state index contributed by atoms with van der Waals surface area (Å²) in [5.74, 6) is 0.579. The molecule has 5 atom stereocenters. The van der Waals surface area contributed by atoms with E-state index in [0.717, 1.165) is 30.2 Å². The van der Waals surface area contributed by atoms with E-state index in [9.17, 15) is 14.7 Å². The van der Waals surface area contributed by atoms with E-state index < -0.39 is 11.7 Å². The minimum atomic E-state index is -0.791. The molecule has 0 radical (unpaired) electrons. The van der Waals surface area contributed by atoms with E-state index in [-0.39, 0.29) is 17.2 Å². The predicted molar refractivity (Wildman–Crippen MR) is 101 cm³/mol. The Morgan fingerprint density at radius 3 is 2.38 bits per heavy atom. The summed E-state index contributed by atoms with van der Waals surface area (Å²) in [6.07, 6.45) is 5.22. The number of benzene rings is 1. The molecule has 5 rings (SSSR count). The number of carbonyl (C=O) groups excluding carboxylic acids is 2. The topological polar surface area (TPSA) is 63.6 Å². The zero-order valence-electron chi connectivity index (χ0n) is 15.0. The standard InChI is InChI=1S/C21H25BrO4/c1-13(19(24)16-2-4-17(22)5-3-16)26-18(23)11-20-7-14-6-15(8-20)10-21(25,9-14)12-20/h2-5,13-15,25H,6-12H2,1H3/t13-,14-,15+,20?,21?/m0/s1. The molecule has 4 fully saturated rings. The first-order valence-electron chi connectivity index (χ1n) is 9.48. The van der Waals surface area contributed by atoms with Crippen LogP contribution in [0.3, 0.4) is 0 Å². The Balaban J connectivity index is 1.39. The van der Waals surface area contributed by atoms with Crippen molar-refractivity contribution in [1.82, 2.24) is 0 Å². The van der Waals surface area contributed by atoms with Crippen LogP contribution >= 0.6 is 15.9 Å². The monoisotopic (exact) mass is 420 g/mol. The summed E-state index contributed by atoms with van der Waals surface area (Å²) < 4.78 is 6.39. The Kier molecular flexibility index (Phi) is 4.51. The fourth-order valence-electron chi connectivity index (χ4n) is 6.06. The second-order valence-corrected chi connectivity index (χ2v) is 9.78. The van der Waals surface area contributed by atoms with Crippen LogP contribution in [0.5, 0.6) is 0 Å². The molecule has 4 nitrogen and oxygen atoms in total. The molecule has 0 amide bonds. The van der Waals surface area contributed by atoms with Gasteiger partial charge in [0.1, 0.15) is 0 Å². The lowest BCUT2D eigenvalue weighted by molar-refractivity contribution is -0.178. The van der Waals surface area contributed by atoms with E-state index in [0.29, 0.717) is 30.2 Å². The summed E-state index contributed by atoms with van der Waals surface area (Å²) in [6.45, 7) is 1.63. The van der Waals surface area contributed by atoms with Gasteiger partial charge >= 0.3 is 5.97 Å². The van der Waals surface area contributed by atoms with Crippen LogP contribution < -0.4 is 0 Å². The number of rotatable bonds is 5. The highest BCUT2D eigenvalue weighted by atomic mass is 79.9. The minimum Gasteiger partial charge on any atom is -0.454 e. The van der Waals surface area contributed by atoms with Gasteiger partial charge in [0.05, 0.1) is 12.0 Å². The first kappa shape index (κ1) is 18.2. The van der Waals surface area contributed by atoms with Gasteiger partial charge < -0.3 is 9.84 Å². The molecule has 140 valence electrons. The zero-order valence-corrected chi connectivity index (χ0v) is 16.6. The van der Waals surface area contributed by atoms with Crippen molar-refractivity contribution in [3.63, 3.8) is 0 Å². The average Bonchev–Trinajstić information content (AvgIpc) is 2.51. The number of esters is 1. The van der Waals surface area contributed by atoms with Gasteiger partial charge in [0.2, 0.25) is 5.78 Å². The Morgan fingerprint density at radius 1 is 1.19 bits per heavy atom. The molecule has 5 heteroatoms. The number of hydrogen-bond donors (Lipinski definition) is 1. The molecule has 1 aromatic carbocycles. The molecular formula is C21H25BrO4. The van der Waals surface area contributed by atoms with Gasteiger partial charge in [-0.3, -0.25) is 9.59 Å². The maximum absolute atomic E-state index is 12.6. The normalized spacial score (nSPS) is 36.0. The number of ketones is 1. The molecule has 26 heavy (non-hydrogen) atoms. The van der Waals surface area contributed by atoms with E-state index in [2.05, 4.69) is 15.9 Å². The maximum Gasteiger partial charge on any atom is 0.307 e. The Bertz CT molecular complexity index is 712. The Labute approximate surface area is 162 Å². The lowest BCUT2D eigenvalue weighted by atomic mass is 9.47. The predicted octanol–water partition coefficient (Wildman–Crippen LogP) is 4.28. The van der Waals surface area contributed by atoms with Gasteiger partial charge in [-0.15, -0.1) is 0 Å². The van der Waals surface area contributed by atoms with Crippen molar-refractivity contribution < 1.29 is 19.4 Å². The highest BCUT2D eigenvalue weighted by molar-refractivity contribution is 9.10. The number of hydrogen-bond acceptors (Lipinski definition) is 4. The third kappa shape index (κ3) is 3.48. The Morgan fingerprint density at radius 2 is 1.81 bits per heavy atom.